The second-order valence-corrected chi connectivity index (χ2v) is 7.92. The van der Waals surface area contributed by atoms with E-state index < -0.39 is 0 Å². The molecule has 31 heavy (non-hydrogen) atoms. The summed E-state index contributed by atoms with van der Waals surface area (Å²) in [5, 5.41) is 2.87. The maximum absolute atomic E-state index is 13.3. The molecule has 1 aliphatic rings. The summed E-state index contributed by atoms with van der Waals surface area (Å²) in [5.74, 6) is 0.725. The Labute approximate surface area is 180 Å². The summed E-state index contributed by atoms with van der Waals surface area (Å²) >= 11 is 0. The number of benzene rings is 2. The van der Waals surface area contributed by atoms with Crippen LogP contribution in [0.5, 0.6) is 0 Å². The zero-order chi connectivity index (χ0) is 21.8. The molecule has 0 atom stereocenters. The van der Waals surface area contributed by atoms with Gasteiger partial charge in [-0.2, -0.15) is 0 Å². The molecule has 3 aromatic rings. The fraction of sp³-hybridized carbons (Fsp3) is 0.292. The Balaban J connectivity index is 1.61. The van der Waals surface area contributed by atoms with Gasteiger partial charge in [0.25, 0.3) is 5.91 Å². The van der Waals surface area contributed by atoms with Crippen LogP contribution in [0, 0.1) is 17.6 Å². The number of hydrogen-bond donors (Lipinski definition) is 1. The minimum Gasteiger partial charge on any atom is -0.356 e. The summed E-state index contributed by atoms with van der Waals surface area (Å²) in [5.41, 5.74) is 1.88. The van der Waals surface area contributed by atoms with E-state index in [2.05, 4.69) is 22.1 Å². The Morgan fingerprint density at radius 3 is 2.29 bits per heavy atom. The van der Waals surface area contributed by atoms with Gasteiger partial charge in [0.2, 0.25) is 0 Å². The van der Waals surface area contributed by atoms with Crippen LogP contribution in [0.2, 0.25) is 0 Å². The molecule has 4 rings (SSSR count). The lowest BCUT2D eigenvalue weighted by Gasteiger charge is -2.32. The Hall–Kier alpha value is -3.35. The number of piperidine rings is 1. The highest BCUT2D eigenvalue weighted by molar-refractivity contribution is 5.98. The average molecular weight is 422 g/mol. The molecule has 0 unspecified atom stereocenters. The molecule has 7 heteroatoms. The van der Waals surface area contributed by atoms with Crippen molar-refractivity contribution < 1.29 is 13.6 Å². The minimum absolute atomic E-state index is 0.273. The van der Waals surface area contributed by atoms with E-state index in [1.54, 1.807) is 24.3 Å². The first kappa shape index (κ1) is 20.9. The van der Waals surface area contributed by atoms with Crippen LogP contribution in [0.4, 0.5) is 14.6 Å². The summed E-state index contributed by atoms with van der Waals surface area (Å²) in [6.07, 6.45) is 3.57. The van der Waals surface area contributed by atoms with Gasteiger partial charge in [0, 0.05) is 31.4 Å². The number of halogens is 2. The topological polar surface area (TPSA) is 58.1 Å². The normalized spacial score (nSPS) is 14.5. The number of aromatic nitrogens is 2. The van der Waals surface area contributed by atoms with Gasteiger partial charge in [-0.1, -0.05) is 19.1 Å². The minimum atomic E-state index is -0.328. The van der Waals surface area contributed by atoms with E-state index in [4.69, 9.17) is 4.98 Å². The quantitative estimate of drug-likeness (QED) is 0.654. The molecule has 160 valence electrons. The highest BCUT2D eigenvalue weighted by Gasteiger charge is 2.24. The van der Waals surface area contributed by atoms with E-state index in [0.29, 0.717) is 28.7 Å². The summed E-state index contributed by atoms with van der Waals surface area (Å²) < 4.78 is 26.4. The number of rotatable bonds is 5. The van der Waals surface area contributed by atoms with Gasteiger partial charge in [-0.05, 0) is 60.7 Å². The maximum atomic E-state index is 13.3. The van der Waals surface area contributed by atoms with Crippen molar-refractivity contribution in [2.45, 2.75) is 26.3 Å². The van der Waals surface area contributed by atoms with Crippen LogP contribution in [0.15, 0.2) is 54.7 Å². The number of nitrogens with zero attached hydrogens (tertiary/aromatic N) is 3. The lowest BCUT2D eigenvalue weighted by Crippen LogP contribution is -2.36. The van der Waals surface area contributed by atoms with Crippen LogP contribution in [0.1, 0.15) is 35.7 Å². The van der Waals surface area contributed by atoms with Crippen LogP contribution in [-0.4, -0.2) is 29.0 Å². The van der Waals surface area contributed by atoms with Crippen molar-refractivity contribution in [3.8, 4) is 11.4 Å². The number of hydrogen-bond acceptors (Lipinski definition) is 4. The van der Waals surface area contributed by atoms with E-state index in [9.17, 15) is 13.6 Å². The van der Waals surface area contributed by atoms with Gasteiger partial charge in [0.15, 0.2) is 5.82 Å². The zero-order valence-electron chi connectivity index (χ0n) is 17.3. The van der Waals surface area contributed by atoms with Crippen molar-refractivity contribution in [3.63, 3.8) is 0 Å². The molecular formula is C24H24F2N4O. The van der Waals surface area contributed by atoms with Crippen molar-refractivity contribution in [2.24, 2.45) is 5.92 Å². The third kappa shape index (κ3) is 5.05. The molecular weight excluding hydrogens is 398 g/mol. The van der Waals surface area contributed by atoms with Crippen LogP contribution >= 0.6 is 0 Å². The molecule has 2 aromatic carbocycles. The number of amides is 1. The van der Waals surface area contributed by atoms with Crippen molar-refractivity contribution >= 4 is 11.7 Å². The Morgan fingerprint density at radius 2 is 1.65 bits per heavy atom. The third-order valence-electron chi connectivity index (χ3n) is 5.57. The lowest BCUT2D eigenvalue weighted by molar-refractivity contribution is 0.0950. The Kier molecular flexibility index (Phi) is 6.21. The van der Waals surface area contributed by atoms with E-state index in [1.165, 1.54) is 30.5 Å². The molecule has 1 fully saturated rings. The SMILES string of the molecule is CC1CCN(c2nc(-c3ccc(F)cc3)ncc2C(=O)NCc2ccc(F)cc2)CC1. The monoisotopic (exact) mass is 422 g/mol. The second-order valence-electron chi connectivity index (χ2n) is 7.92. The standard InChI is InChI=1S/C24H24F2N4O/c1-16-10-12-30(13-11-16)23-21(24(31)28-14-17-2-6-19(25)7-3-17)15-27-22(29-23)18-4-8-20(26)9-5-18/h2-9,15-16H,10-14H2,1H3,(H,28,31). The van der Waals surface area contributed by atoms with Gasteiger partial charge in [-0.3, -0.25) is 4.79 Å². The predicted molar refractivity (Wildman–Crippen MR) is 116 cm³/mol. The first-order chi connectivity index (χ1) is 15.0. The van der Waals surface area contributed by atoms with Gasteiger partial charge in [-0.25, -0.2) is 18.7 Å². The van der Waals surface area contributed by atoms with E-state index >= 15 is 0 Å². The molecule has 1 aromatic heterocycles. The van der Waals surface area contributed by atoms with Crippen LogP contribution in [0.3, 0.4) is 0 Å². The van der Waals surface area contributed by atoms with Crippen molar-refractivity contribution in [3.05, 3.63) is 77.5 Å². The van der Waals surface area contributed by atoms with Gasteiger partial charge >= 0.3 is 0 Å². The smallest absolute Gasteiger partial charge is 0.256 e. The van der Waals surface area contributed by atoms with Gasteiger partial charge < -0.3 is 10.2 Å². The third-order valence-corrected chi connectivity index (χ3v) is 5.57. The molecule has 0 spiro atoms. The summed E-state index contributed by atoms with van der Waals surface area (Å²) in [6, 6.07) is 12.0. The van der Waals surface area contributed by atoms with Crippen LogP contribution in [-0.2, 0) is 6.54 Å². The van der Waals surface area contributed by atoms with Gasteiger partial charge in [-0.15, -0.1) is 0 Å². The summed E-state index contributed by atoms with van der Waals surface area (Å²) in [7, 11) is 0. The lowest BCUT2D eigenvalue weighted by atomic mass is 9.99. The molecule has 5 nitrogen and oxygen atoms in total. The summed E-state index contributed by atoms with van der Waals surface area (Å²) in [6.45, 7) is 4.10. The fourth-order valence-electron chi connectivity index (χ4n) is 3.61. The predicted octanol–water partition coefficient (Wildman–Crippen LogP) is 4.59. The molecule has 1 N–H and O–H groups in total. The maximum Gasteiger partial charge on any atom is 0.256 e. The highest BCUT2D eigenvalue weighted by Crippen LogP contribution is 2.27. The molecule has 2 heterocycles. The number of nitrogens with one attached hydrogen (secondary N) is 1. The number of anilines is 1. The van der Waals surface area contributed by atoms with Crippen LogP contribution in [0.25, 0.3) is 11.4 Å². The number of carbonyl (C=O) groups excluding carboxylic acids is 1. The van der Waals surface area contributed by atoms with Crippen molar-refractivity contribution in [2.75, 3.05) is 18.0 Å². The van der Waals surface area contributed by atoms with Gasteiger partial charge in [0.05, 0.1) is 0 Å². The molecule has 0 radical (unpaired) electrons. The second kappa shape index (κ2) is 9.20. The zero-order valence-corrected chi connectivity index (χ0v) is 17.3. The van der Waals surface area contributed by atoms with Gasteiger partial charge in [0.1, 0.15) is 23.0 Å². The first-order valence-corrected chi connectivity index (χ1v) is 10.4. The number of carbonyl (C=O) groups is 1. The van der Waals surface area contributed by atoms with E-state index in [1.807, 2.05) is 0 Å². The fourth-order valence-corrected chi connectivity index (χ4v) is 3.61. The largest absolute Gasteiger partial charge is 0.356 e. The van der Waals surface area contributed by atoms with E-state index in [0.717, 1.165) is 31.5 Å². The Morgan fingerprint density at radius 1 is 1.03 bits per heavy atom. The van der Waals surface area contributed by atoms with Crippen LogP contribution < -0.4 is 10.2 Å². The molecule has 1 aliphatic heterocycles. The molecule has 0 saturated carbocycles. The molecule has 0 aliphatic carbocycles. The molecule has 0 bridgehead atoms. The Bertz CT molecular complexity index is 1050. The average Bonchev–Trinajstić information content (AvgIpc) is 2.79. The molecule has 1 saturated heterocycles. The molecule has 1 amide bonds. The van der Waals surface area contributed by atoms with E-state index in [-0.39, 0.29) is 24.1 Å². The van der Waals surface area contributed by atoms with Crippen molar-refractivity contribution in [1.82, 2.24) is 15.3 Å². The van der Waals surface area contributed by atoms with Crippen molar-refractivity contribution in [1.29, 1.82) is 0 Å². The first-order valence-electron chi connectivity index (χ1n) is 10.4. The highest BCUT2D eigenvalue weighted by atomic mass is 19.1. The summed E-state index contributed by atoms with van der Waals surface area (Å²) in [4.78, 5) is 24.1.